The molecule has 0 amide bonds. The molecule has 0 spiro atoms. The number of hydrogen-bond donors (Lipinski definition) is 2. The van der Waals surface area contributed by atoms with E-state index in [0.29, 0.717) is 21.4 Å². The molecule has 1 aromatic rings. The first-order valence-electron chi connectivity index (χ1n) is 5.44. The lowest BCUT2D eigenvalue weighted by atomic mass is 10.1. The predicted octanol–water partition coefficient (Wildman–Crippen LogP) is 2.22. The number of carbonyl (C=O) groups is 1. The van der Waals surface area contributed by atoms with Crippen molar-refractivity contribution in [1.29, 1.82) is 0 Å². The van der Waals surface area contributed by atoms with Gasteiger partial charge >= 0.3 is 5.97 Å². The van der Waals surface area contributed by atoms with E-state index in [1.165, 1.54) is 0 Å². The van der Waals surface area contributed by atoms with Gasteiger partial charge in [0.05, 0.1) is 0 Å². The first-order valence-corrected chi connectivity index (χ1v) is 8.25. The monoisotopic (exact) mass is 285 g/mol. The Morgan fingerprint density at radius 2 is 2.22 bits per heavy atom. The number of carboxylic acid groups (broad SMARTS) is 1. The highest BCUT2D eigenvalue weighted by atomic mass is 32.0. The summed E-state index contributed by atoms with van der Waals surface area (Å²) in [5.41, 5.74) is 0.962. The zero-order valence-corrected chi connectivity index (χ0v) is 12.1. The van der Waals surface area contributed by atoms with E-state index in [9.17, 15) is 4.79 Å². The number of aliphatic carboxylic acids is 1. The summed E-state index contributed by atoms with van der Waals surface area (Å²) in [5, 5.41) is 12.0. The van der Waals surface area contributed by atoms with Crippen molar-refractivity contribution in [2.75, 3.05) is 6.61 Å². The molecule has 0 aliphatic carbocycles. The first kappa shape index (κ1) is 15.1. The van der Waals surface area contributed by atoms with Crippen molar-refractivity contribution in [3.05, 3.63) is 42.5 Å². The Balaban J connectivity index is 2.61. The van der Waals surface area contributed by atoms with Crippen LogP contribution in [0.3, 0.4) is 0 Å². The maximum Gasteiger partial charge on any atom is 0.321 e. The third-order valence-corrected chi connectivity index (χ3v) is 3.30. The normalized spacial score (nSPS) is 12.5. The van der Waals surface area contributed by atoms with Gasteiger partial charge in [0.25, 0.3) is 0 Å². The maximum atomic E-state index is 11.0. The molecule has 0 radical (unpaired) electrons. The van der Waals surface area contributed by atoms with Crippen LogP contribution in [0.5, 0.6) is 5.75 Å². The Hall–Kier alpha value is -0.950. The quantitative estimate of drug-likeness (QED) is 0.568. The van der Waals surface area contributed by atoms with Gasteiger partial charge in [-0.1, -0.05) is 33.7 Å². The van der Waals surface area contributed by atoms with Crippen LogP contribution in [-0.2, 0) is 11.2 Å². The van der Waals surface area contributed by atoms with Crippen LogP contribution in [0.4, 0.5) is 0 Å². The Morgan fingerprint density at radius 3 is 2.72 bits per heavy atom. The average molecular weight is 285 g/mol. The number of ether oxygens (including phenoxy) is 1. The lowest BCUT2D eigenvalue weighted by Gasteiger charge is -2.13. The van der Waals surface area contributed by atoms with Crippen LogP contribution in [0.1, 0.15) is 5.56 Å². The summed E-state index contributed by atoms with van der Waals surface area (Å²) in [6.45, 7) is 4.04. The molecule has 2 N–H and O–H groups in total. The fraction of sp³-hybridized carbons (Fsp3) is 0.250. The van der Waals surface area contributed by atoms with E-state index in [-0.39, 0.29) is 0 Å². The Bertz CT molecular complexity index is 395. The average Bonchev–Trinajstić information content (AvgIpc) is 2.37. The molecule has 3 atom stereocenters. The second-order valence-electron chi connectivity index (χ2n) is 3.63. The van der Waals surface area contributed by atoms with Crippen molar-refractivity contribution in [2.24, 2.45) is 0 Å². The number of benzene rings is 1. The standard InChI is InChI=1S/C12H17NO3P2/c1-2-7-16-10-5-3-9(4-6-10)8-11(12(14)15)13-18-17/h2-6,11,13,18H,1,7-8,17H2,(H,14,15). The number of rotatable bonds is 8. The van der Waals surface area contributed by atoms with E-state index < -0.39 is 12.0 Å². The summed E-state index contributed by atoms with van der Waals surface area (Å²) in [5.74, 6) is -0.0802. The van der Waals surface area contributed by atoms with Gasteiger partial charge in [0.2, 0.25) is 0 Å². The zero-order valence-electron chi connectivity index (χ0n) is 9.93. The van der Waals surface area contributed by atoms with Crippen LogP contribution in [-0.4, -0.2) is 23.7 Å². The van der Waals surface area contributed by atoms with Crippen LogP contribution in [0.15, 0.2) is 36.9 Å². The van der Waals surface area contributed by atoms with Gasteiger partial charge in [-0.2, -0.15) is 0 Å². The molecular weight excluding hydrogens is 268 g/mol. The summed E-state index contributed by atoms with van der Waals surface area (Å²) in [6.07, 6.45) is 2.14. The number of hydrogen-bond acceptors (Lipinski definition) is 3. The molecule has 6 heteroatoms. The molecule has 0 saturated carbocycles. The molecule has 1 aromatic carbocycles. The molecule has 98 valence electrons. The fourth-order valence-electron chi connectivity index (χ4n) is 1.41. The van der Waals surface area contributed by atoms with Gasteiger partial charge in [0.15, 0.2) is 0 Å². The topological polar surface area (TPSA) is 58.6 Å². The highest BCUT2D eigenvalue weighted by Gasteiger charge is 2.16. The van der Waals surface area contributed by atoms with E-state index >= 15 is 0 Å². The van der Waals surface area contributed by atoms with E-state index in [4.69, 9.17) is 9.84 Å². The van der Waals surface area contributed by atoms with Gasteiger partial charge in [-0.3, -0.25) is 9.88 Å². The summed E-state index contributed by atoms with van der Waals surface area (Å²) in [7, 11) is 2.82. The van der Waals surface area contributed by atoms with E-state index in [0.717, 1.165) is 11.3 Å². The van der Waals surface area contributed by atoms with E-state index in [2.05, 4.69) is 20.6 Å². The Kier molecular flexibility index (Phi) is 6.89. The molecule has 18 heavy (non-hydrogen) atoms. The molecule has 0 fully saturated rings. The van der Waals surface area contributed by atoms with Crippen molar-refractivity contribution >= 4 is 23.3 Å². The van der Waals surface area contributed by atoms with Crippen LogP contribution in [0, 0.1) is 0 Å². The van der Waals surface area contributed by atoms with Crippen molar-refractivity contribution < 1.29 is 14.6 Å². The molecule has 0 heterocycles. The van der Waals surface area contributed by atoms with Gasteiger partial charge in [0.1, 0.15) is 18.4 Å². The Labute approximate surface area is 111 Å². The van der Waals surface area contributed by atoms with Crippen molar-refractivity contribution in [2.45, 2.75) is 12.5 Å². The third kappa shape index (κ3) is 5.14. The molecule has 0 aliphatic heterocycles. The minimum atomic E-state index is -0.836. The van der Waals surface area contributed by atoms with Crippen LogP contribution < -0.4 is 9.82 Å². The molecule has 0 aliphatic rings. The largest absolute Gasteiger partial charge is 0.490 e. The summed E-state index contributed by atoms with van der Waals surface area (Å²) >= 11 is 0. The fourth-order valence-corrected chi connectivity index (χ4v) is 2.44. The zero-order chi connectivity index (χ0) is 13.4. The van der Waals surface area contributed by atoms with Crippen LogP contribution >= 0.6 is 17.3 Å². The van der Waals surface area contributed by atoms with Gasteiger partial charge in [-0.15, -0.1) is 0 Å². The van der Waals surface area contributed by atoms with Crippen LogP contribution in [0.25, 0.3) is 0 Å². The molecule has 3 unspecified atom stereocenters. The van der Waals surface area contributed by atoms with Crippen molar-refractivity contribution in [3.63, 3.8) is 0 Å². The van der Waals surface area contributed by atoms with Gasteiger partial charge in [-0.25, -0.2) is 0 Å². The third-order valence-electron chi connectivity index (χ3n) is 2.29. The molecule has 1 rings (SSSR count). The molecule has 0 bridgehead atoms. The van der Waals surface area contributed by atoms with Gasteiger partial charge in [0, 0.05) is 0 Å². The second kappa shape index (κ2) is 8.20. The number of nitrogens with one attached hydrogen (secondary N) is 1. The predicted molar refractivity (Wildman–Crippen MR) is 78.4 cm³/mol. The lowest BCUT2D eigenvalue weighted by Crippen LogP contribution is -2.32. The Morgan fingerprint density at radius 1 is 1.56 bits per heavy atom. The minimum absolute atomic E-state index is 0.330. The molecule has 0 saturated heterocycles. The van der Waals surface area contributed by atoms with Crippen molar-refractivity contribution in [3.8, 4) is 5.75 Å². The lowest BCUT2D eigenvalue weighted by molar-refractivity contribution is -0.138. The maximum absolute atomic E-state index is 11.0. The molecular formula is C12H17NO3P2. The van der Waals surface area contributed by atoms with Gasteiger partial charge in [-0.05, 0) is 32.5 Å². The highest BCUT2D eigenvalue weighted by Crippen LogP contribution is 2.18. The van der Waals surface area contributed by atoms with E-state index in [1.807, 2.05) is 24.3 Å². The minimum Gasteiger partial charge on any atom is -0.490 e. The number of carboxylic acids is 1. The summed E-state index contributed by atoms with van der Waals surface area (Å²) in [4.78, 5) is 11.0. The van der Waals surface area contributed by atoms with E-state index in [1.54, 1.807) is 6.08 Å². The second-order valence-corrected chi connectivity index (χ2v) is 5.07. The summed E-state index contributed by atoms with van der Waals surface area (Å²) < 4.78 is 5.36. The first-order chi connectivity index (χ1) is 8.67. The smallest absolute Gasteiger partial charge is 0.321 e. The molecule has 4 nitrogen and oxygen atoms in total. The van der Waals surface area contributed by atoms with Gasteiger partial charge < -0.3 is 9.84 Å². The summed E-state index contributed by atoms with van der Waals surface area (Å²) in [6, 6.07) is 6.87. The molecule has 0 aromatic heterocycles. The highest BCUT2D eigenvalue weighted by molar-refractivity contribution is 8.01. The van der Waals surface area contributed by atoms with Crippen molar-refractivity contribution in [1.82, 2.24) is 5.09 Å². The van der Waals surface area contributed by atoms with Crippen LogP contribution in [0.2, 0.25) is 0 Å². The SMILES string of the molecule is C=CCOc1ccc(CC(NPP)C(=O)O)cc1.